The van der Waals surface area contributed by atoms with Crippen molar-refractivity contribution in [2.45, 2.75) is 58.3 Å². The van der Waals surface area contributed by atoms with Crippen LogP contribution in [0.5, 0.6) is 0 Å². The number of carbonyl (C=O) groups excluding carboxylic acids is 1. The summed E-state index contributed by atoms with van der Waals surface area (Å²) in [5.74, 6) is 0.638. The highest BCUT2D eigenvalue weighted by Gasteiger charge is 2.23. The van der Waals surface area contributed by atoms with Gasteiger partial charge in [0, 0.05) is 32.6 Å². The van der Waals surface area contributed by atoms with Gasteiger partial charge in [-0.1, -0.05) is 18.6 Å². The molecule has 1 amide bonds. The Labute approximate surface area is 147 Å². The van der Waals surface area contributed by atoms with Crippen molar-refractivity contribution in [2.75, 3.05) is 32.4 Å². The Morgan fingerprint density at radius 1 is 1.29 bits per heavy atom. The second-order valence-electron chi connectivity index (χ2n) is 7.36. The predicted octanol–water partition coefficient (Wildman–Crippen LogP) is 2.79. The average Bonchev–Trinajstić information content (AvgIpc) is 2.54. The summed E-state index contributed by atoms with van der Waals surface area (Å²) in [6.07, 6.45) is 11.5. The summed E-state index contributed by atoms with van der Waals surface area (Å²) in [5.41, 5.74) is 1.37. The van der Waals surface area contributed by atoms with Crippen LogP contribution in [-0.2, 0) is 14.8 Å². The number of piperidine rings is 1. The first-order valence-corrected chi connectivity index (χ1v) is 11.1. The van der Waals surface area contributed by atoms with Gasteiger partial charge in [-0.25, -0.2) is 12.7 Å². The van der Waals surface area contributed by atoms with Gasteiger partial charge < -0.3 is 4.90 Å². The van der Waals surface area contributed by atoms with Crippen molar-refractivity contribution >= 4 is 15.9 Å². The van der Waals surface area contributed by atoms with Gasteiger partial charge in [-0.2, -0.15) is 0 Å². The molecule has 1 aliphatic heterocycles. The van der Waals surface area contributed by atoms with Gasteiger partial charge >= 0.3 is 0 Å². The van der Waals surface area contributed by atoms with Crippen molar-refractivity contribution in [1.29, 1.82) is 0 Å². The van der Waals surface area contributed by atoms with Crippen molar-refractivity contribution in [3.63, 3.8) is 0 Å². The van der Waals surface area contributed by atoms with Crippen LogP contribution in [0, 0.1) is 5.92 Å². The van der Waals surface area contributed by atoms with E-state index in [0.29, 0.717) is 25.4 Å². The highest BCUT2D eigenvalue weighted by Crippen LogP contribution is 2.21. The smallest absolute Gasteiger partial charge is 0.223 e. The molecule has 0 N–H and O–H groups in total. The van der Waals surface area contributed by atoms with Gasteiger partial charge in [0.25, 0.3) is 0 Å². The normalized spacial score (nSPS) is 22.5. The Morgan fingerprint density at radius 2 is 2.08 bits per heavy atom. The molecule has 1 saturated heterocycles. The molecule has 6 heteroatoms. The minimum atomic E-state index is -3.27. The molecule has 5 nitrogen and oxygen atoms in total. The maximum absolute atomic E-state index is 12.4. The van der Waals surface area contributed by atoms with E-state index < -0.39 is 10.0 Å². The molecule has 1 atom stereocenters. The van der Waals surface area contributed by atoms with Crippen LogP contribution in [0.1, 0.15) is 58.3 Å². The number of sulfonamides is 1. The Balaban J connectivity index is 1.84. The highest BCUT2D eigenvalue weighted by atomic mass is 32.2. The van der Waals surface area contributed by atoms with E-state index in [1.54, 1.807) is 0 Å². The fourth-order valence-corrected chi connectivity index (χ4v) is 4.48. The number of allylic oxidation sites excluding steroid dienone is 1. The number of amides is 1. The van der Waals surface area contributed by atoms with E-state index in [4.69, 9.17) is 0 Å². The lowest BCUT2D eigenvalue weighted by atomic mass is 9.97. The molecule has 0 radical (unpaired) electrons. The van der Waals surface area contributed by atoms with Crippen molar-refractivity contribution < 1.29 is 13.2 Å². The standard InChI is InChI=1S/C18H32N2O3S/c1-16-7-6-12-19(15-16)18(21)11-14-20(24(2,22)23)13-10-17-8-4-3-5-9-17/h8,16H,3-7,9-15H2,1-2H3. The van der Waals surface area contributed by atoms with Crippen LogP contribution in [-0.4, -0.2) is 56.0 Å². The van der Waals surface area contributed by atoms with Gasteiger partial charge in [0.05, 0.1) is 6.26 Å². The molecule has 2 aliphatic rings. The summed E-state index contributed by atoms with van der Waals surface area (Å²) in [6.45, 7) is 4.59. The summed E-state index contributed by atoms with van der Waals surface area (Å²) in [6, 6.07) is 0. The molecule has 138 valence electrons. The molecule has 0 spiro atoms. The molecule has 1 heterocycles. The SMILES string of the molecule is CC1CCCN(C(=O)CCN(CCC2=CCCCC2)S(C)(=O)=O)C1. The number of likely N-dealkylation sites (tertiary alicyclic amines) is 1. The largest absolute Gasteiger partial charge is 0.342 e. The van der Waals surface area contributed by atoms with Crippen LogP contribution in [0.3, 0.4) is 0 Å². The maximum Gasteiger partial charge on any atom is 0.223 e. The van der Waals surface area contributed by atoms with Crippen molar-refractivity contribution in [3.8, 4) is 0 Å². The van der Waals surface area contributed by atoms with E-state index in [2.05, 4.69) is 13.0 Å². The first kappa shape index (κ1) is 19.4. The zero-order valence-electron chi connectivity index (χ0n) is 15.2. The molecule has 24 heavy (non-hydrogen) atoms. The number of carbonyl (C=O) groups is 1. The van der Waals surface area contributed by atoms with Gasteiger partial charge in [0.2, 0.25) is 15.9 Å². The summed E-state index contributed by atoms with van der Waals surface area (Å²) in [7, 11) is -3.27. The summed E-state index contributed by atoms with van der Waals surface area (Å²) in [4.78, 5) is 14.3. The number of hydrogen-bond donors (Lipinski definition) is 0. The van der Waals surface area contributed by atoms with Crippen LogP contribution < -0.4 is 0 Å². The van der Waals surface area contributed by atoms with Crippen LogP contribution in [0.2, 0.25) is 0 Å². The molecule has 1 unspecified atom stereocenters. The van der Waals surface area contributed by atoms with E-state index in [-0.39, 0.29) is 5.91 Å². The Hall–Kier alpha value is -0.880. The predicted molar refractivity (Wildman–Crippen MR) is 97.2 cm³/mol. The Kier molecular flexibility index (Phi) is 7.29. The van der Waals surface area contributed by atoms with Gasteiger partial charge in [0.15, 0.2) is 0 Å². The quantitative estimate of drug-likeness (QED) is 0.659. The van der Waals surface area contributed by atoms with Gasteiger partial charge in [-0.15, -0.1) is 0 Å². The zero-order valence-corrected chi connectivity index (χ0v) is 16.0. The molecule has 0 aromatic heterocycles. The fourth-order valence-electron chi connectivity index (χ4n) is 3.64. The summed E-state index contributed by atoms with van der Waals surface area (Å²) < 4.78 is 25.5. The van der Waals surface area contributed by atoms with E-state index in [1.165, 1.54) is 35.4 Å². The number of hydrogen-bond acceptors (Lipinski definition) is 3. The Bertz CT molecular complexity index is 557. The van der Waals surface area contributed by atoms with Crippen molar-refractivity contribution in [2.24, 2.45) is 5.92 Å². The molecule has 0 saturated carbocycles. The maximum atomic E-state index is 12.4. The third-order valence-electron chi connectivity index (χ3n) is 5.12. The molecule has 0 bridgehead atoms. The molecular formula is C18H32N2O3S. The van der Waals surface area contributed by atoms with Crippen molar-refractivity contribution in [3.05, 3.63) is 11.6 Å². The minimum Gasteiger partial charge on any atom is -0.342 e. The lowest BCUT2D eigenvalue weighted by Gasteiger charge is -2.31. The molecular weight excluding hydrogens is 324 g/mol. The molecule has 0 aromatic rings. The monoisotopic (exact) mass is 356 g/mol. The van der Waals surface area contributed by atoms with Crippen LogP contribution in [0.4, 0.5) is 0 Å². The third-order valence-corrected chi connectivity index (χ3v) is 6.42. The topological polar surface area (TPSA) is 57.7 Å². The minimum absolute atomic E-state index is 0.0899. The second kappa shape index (κ2) is 8.99. The van der Waals surface area contributed by atoms with Crippen LogP contribution in [0.15, 0.2) is 11.6 Å². The number of rotatable bonds is 7. The van der Waals surface area contributed by atoms with E-state index in [0.717, 1.165) is 38.8 Å². The zero-order chi connectivity index (χ0) is 17.6. The van der Waals surface area contributed by atoms with Crippen molar-refractivity contribution in [1.82, 2.24) is 9.21 Å². The fraction of sp³-hybridized carbons (Fsp3) is 0.833. The number of nitrogens with zero attached hydrogens (tertiary/aromatic N) is 2. The Morgan fingerprint density at radius 3 is 2.71 bits per heavy atom. The van der Waals surface area contributed by atoms with E-state index in [1.807, 2.05) is 4.90 Å². The second-order valence-corrected chi connectivity index (χ2v) is 9.34. The molecule has 1 aliphatic carbocycles. The average molecular weight is 357 g/mol. The van der Waals surface area contributed by atoms with Gasteiger partial charge in [-0.05, 0) is 50.9 Å². The van der Waals surface area contributed by atoms with Gasteiger partial charge in [0.1, 0.15) is 0 Å². The van der Waals surface area contributed by atoms with E-state index >= 15 is 0 Å². The molecule has 0 aromatic carbocycles. The molecule has 1 fully saturated rings. The summed E-state index contributed by atoms with van der Waals surface area (Å²) in [5, 5.41) is 0. The lowest BCUT2D eigenvalue weighted by Crippen LogP contribution is -2.41. The van der Waals surface area contributed by atoms with E-state index in [9.17, 15) is 13.2 Å². The van der Waals surface area contributed by atoms with Crippen LogP contribution >= 0.6 is 0 Å². The lowest BCUT2D eigenvalue weighted by molar-refractivity contribution is -0.133. The molecule has 2 rings (SSSR count). The van der Waals surface area contributed by atoms with Gasteiger partial charge in [-0.3, -0.25) is 4.79 Å². The highest BCUT2D eigenvalue weighted by molar-refractivity contribution is 7.88. The van der Waals surface area contributed by atoms with Crippen LogP contribution in [0.25, 0.3) is 0 Å². The first-order valence-electron chi connectivity index (χ1n) is 9.27. The third kappa shape index (κ3) is 6.20. The first-order chi connectivity index (χ1) is 11.4. The summed E-state index contributed by atoms with van der Waals surface area (Å²) >= 11 is 0.